The van der Waals surface area contributed by atoms with Crippen LogP contribution in [0.3, 0.4) is 0 Å². The summed E-state index contributed by atoms with van der Waals surface area (Å²) in [7, 11) is 0. The highest BCUT2D eigenvalue weighted by Crippen LogP contribution is 2.33. The molecular weight excluding hydrogens is 433 g/mol. The maximum absolute atomic E-state index is 15.0. The quantitative estimate of drug-likeness (QED) is 0.593. The van der Waals surface area contributed by atoms with Crippen LogP contribution < -0.4 is 0 Å². The molecule has 32 heavy (non-hydrogen) atoms. The number of amides is 1. The van der Waals surface area contributed by atoms with E-state index in [9.17, 15) is 19.1 Å². The summed E-state index contributed by atoms with van der Waals surface area (Å²) in [5.41, 5.74) is 0.670. The summed E-state index contributed by atoms with van der Waals surface area (Å²) < 4.78 is 20.4. The average molecular weight is 462 g/mol. The molecule has 0 bridgehead atoms. The second-order valence-corrected chi connectivity index (χ2v) is 9.72. The van der Waals surface area contributed by atoms with Gasteiger partial charge >= 0.3 is 6.09 Å². The lowest BCUT2D eigenvalue weighted by atomic mass is 9.86. The first-order valence-corrected chi connectivity index (χ1v) is 11.1. The van der Waals surface area contributed by atoms with Crippen molar-refractivity contribution < 1.29 is 23.8 Å². The van der Waals surface area contributed by atoms with Crippen LogP contribution in [-0.4, -0.2) is 40.6 Å². The summed E-state index contributed by atoms with van der Waals surface area (Å²) in [4.78, 5) is 26.7. The zero-order valence-electron chi connectivity index (χ0n) is 18.8. The predicted molar refractivity (Wildman–Crippen MR) is 122 cm³/mol. The first-order valence-electron chi connectivity index (χ1n) is 10.7. The fourth-order valence-corrected chi connectivity index (χ4v) is 4.10. The van der Waals surface area contributed by atoms with Crippen LogP contribution in [0.2, 0.25) is 5.02 Å². The molecule has 5 nitrogen and oxygen atoms in total. The van der Waals surface area contributed by atoms with Crippen molar-refractivity contribution in [2.24, 2.45) is 5.92 Å². The third kappa shape index (κ3) is 5.67. The largest absolute Gasteiger partial charge is 0.444 e. The van der Waals surface area contributed by atoms with Gasteiger partial charge in [-0.3, -0.25) is 4.79 Å². The van der Waals surface area contributed by atoms with Crippen molar-refractivity contribution in [1.82, 2.24) is 4.90 Å². The Bertz CT molecular complexity index is 969. The number of hydrogen-bond donors (Lipinski definition) is 1. The Morgan fingerprint density at radius 3 is 2.28 bits per heavy atom. The molecule has 172 valence electrons. The van der Waals surface area contributed by atoms with Crippen LogP contribution >= 0.6 is 11.6 Å². The Morgan fingerprint density at radius 2 is 1.75 bits per heavy atom. The van der Waals surface area contributed by atoms with Crippen LogP contribution in [0.5, 0.6) is 0 Å². The molecule has 0 spiro atoms. The number of aryl methyl sites for hydroxylation is 1. The van der Waals surface area contributed by atoms with E-state index in [1.807, 2.05) is 20.8 Å². The van der Waals surface area contributed by atoms with E-state index in [1.165, 1.54) is 6.07 Å². The van der Waals surface area contributed by atoms with Crippen molar-refractivity contribution in [2.75, 3.05) is 13.1 Å². The SMILES string of the molecule is Cc1cc(C(O)C2CCN(C(=O)OC(C)(C)C)CC2)cc(F)c1C(=O)c1ccc(Cl)cc1. The summed E-state index contributed by atoms with van der Waals surface area (Å²) >= 11 is 5.87. The van der Waals surface area contributed by atoms with E-state index in [0.717, 1.165) is 0 Å². The molecule has 1 atom stereocenters. The van der Waals surface area contributed by atoms with Crippen molar-refractivity contribution >= 4 is 23.5 Å². The van der Waals surface area contributed by atoms with Gasteiger partial charge in [-0.15, -0.1) is 0 Å². The Kier molecular flexibility index (Phi) is 7.25. The molecule has 1 amide bonds. The first kappa shape index (κ1) is 24.2. The van der Waals surface area contributed by atoms with Gasteiger partial charge in [0.15, 0.2) is 5.78 Å². The zero-order chi connectivity index (χ0) is 23.6. The molecule has 1 aliphatic rings. The molecule has 1 unspecified atom stereocenters. The maximum atomic E-state index is 15.0. The third-order valence-electron chi connectivity index (χ3n) is 5.62. The molecule has 0 aliphatic carbocycles. The van der Waals surface area contributed by atoms with E-state index in [2.05, 4.69) is 0 Å². The van der Waals surface area contributed by atoms with Gasteiger partial charge in [0.25, 0.3) is 0 Å². The van der Waals surface area contributed by atoms with Gasteiger partial charge in [-0.1, -0.05) is 17.7 Å². The van der Waals surface area contributed by atoms with E-state index in [0.29, 0.717) is 47.6 Å². The molecule has 1 N–H and O–H groups in total. The third-order valence-corrected chi connectivity index (χ3v) is 5.87. The highest BCUT2D eigenvalue weighted by Gasteiger charge is 2.31. The Labute approximate surface area is 193 Å². The molecule has 2 aromatic rings. The van der Waals surface area contributed by atoms with Gasteiger partial charge in [0.05, 0.1) is 11.7 Å². The number of ketones is 1. The van der Waals surface area contributed by atoms with Crippen molar-refractivity contribution in [2.45, 2.75) is 52.2 Å². The number of hydrogen-bond acceptors (Lipinski definition) is 4. The van der Waals surface area contributed by atoms with Crippen LogP contribution in [0.25, 0.3) is 0 Å². The monoisotopic (exact) mass is 461 g/mol. The summed E-state index contributed by atoms with van der Waals surface area (Å²) in [6.45, 7) is 8.04. The number of aliphatic hydroxyl groups excluding tert-OH is 1. The normalized spacial score (nSPS) is 16.0. The van der Waals surface area contributed by atoms with E-state index in [4.69, 9.17) is 16.3 Å². The Morgan fingerprint density at radius 1 is 1.16 bits per heavy atom. The number of rotatable bonds is 4. The van der Waals surface area contributed by atoms with Crippen molar-refractivity contribution in [3.63, 3.8) is 0 Å². The zero-order valence-corrected chi connectivity index (χ0v) is 19.6. The van der Waals surface area contributed by atoms with Gasteiger partial charge in [0, 0.05) is 23.7 Å². The van der Waals surface area contributed by atoms with E-state index in [-0.39, 0.29) is 17.6 Å². The molecule has 1 heterocycles. The maximum Gasteiger partial charge on any atom is 0.410 e. The Hall–Kier alpha value is -2.44. The molecular formula is C25H29ClFNO4. The highest BCUT2D eigenvalue weighted by molar-refractivity contribution is 6.30. The standard InChI is InChI=1S/C25H29ClFNO4/c1-15-13-18(14-20(27)21(15)23(30)16-5-7-19(26)8-6-16)22(29)17-9-11-28(12-10-17)24(31)32-25(2,3)4/h5-8,13-14,17,22,29H,9-12H2,1-4H3. The van der Waals surface area contributed by atoms with Crippen LogP contribution in [0.1, 0.15) is 66.8 Å². The molecule has 2 aromatic carbocycles. The number of ether oxygens (including phenoxy) is 1. The smallest absolute Gasteiger partial charge is 0.410 e. The number of aliphatic hydroxyl groups is 1. The lowest BCUT2D eigenvalue weighted by Gasteiger charge is -2.35. The second kappa shape index (κ2) is 9.59. The average Bonchev–Trinajstić information content (AvgIpc) is 2.72. The minimum Gasteiger partial charge on any atom is -0.444 e. The molecule has 0 radical (unpaired) electrons. The lowest BCUT2D eigenvalue weighted by molar-refractivity contribution is 0.00764. The van der Waals surface area contributed by atoms with Crippen LogP contribution in [0.15, 0.2) is 36.4 Å². The van der Waals surface area contributed by atoms with Gasteiger partial charge in [-0.05, 0) is 87.9 Å². The molecule has 3 rings (SSSR count). The Balaban J connectivity index is 1.70. The summed E-state index contributed by atoms with van der Waals surface area (Å²) in [5.74, 6) is -1.21. The number of halogens is 2. The van der Waals surface area contributed by atoms with Gasteiger partial charge in [0.1, 0.15) is 11.4 Å². The molecule has 0 aromatic heterocycles. The molecule has 1 fully saturated rings. The van der Waals surface area contributed by atoms with Crippen LogP contribution in [0.4, 0.5) is 9.18 Å². The molecule has 0 saturated carbocycles. The number of likely N-dealkylation sites (tertiary alicyclic amines) is 1. The van der Waals surface area contributed by atoms with Crippen molar-refractivity contribution in [1.29, 1.82) is 0 Å². The minimum absolute atomic E-state index is 0.0111. The number of nitrogens with zero attached hydrogens (tertiary/aromatic N) is 1. The number of carbonyl (C=O) groups is 2. The summed E-state index contributed by atoms with van der Waals surface area (Å²) in [6, 6.07) is 9.20. The fourth-order valence-electron chi connectivity index (χ4n) is 3.97. The highest BCUT2D eigenvalue weighted by atomic mass is 35.5. The van der Waals surface area contributed by atoms with Crippen LogP contribution in [0, 0.1) is 18.7 Å². The fraction of sp³-hybridized carbons (Fsp3) is 0.440. The number of carbonyl (C=O) groups excluding carboxylic acids is 2. The summed E-state index contributed by atoms with van der Waals surface area (Å²) in [6.07, 6.45) is -0.0972. The summed E-state index contributed by atoms with van der Waals surface area (Å²) in [5, 5.41) is 11.4. The van der Waals surface area contributed by atoms with E-state index >= 15 is 0 Å². The van der Waals surface area contributed by atoms with Crippen LogP contribution in [-0.2, 0) is 4.74 Å². The minimum atomic E-state index is -0.885. The number of benzene rings is 2. The van der Waals surface area contributed by atoms with Gasteiger partial charge < -0.3 is 14.7 Å². The van der Waals surface area contributed by atoms with Gasteiger partial charge in [-0.25, -0.2) is 9.18 Å². The van der Waals surface area contributed by atoms with Crippen molar-refractivity contribution in [3.05, 3.63) is 69.5 Å². The lowest BCUT2D eigenvalue weighted by Crippen LogP contribution is -2.42. The topological polar surface area (TPSA) is 66.8 Å². The van der Waals surface area contributed by atoms with Gasteiger partial charge in [-0.2, -0.15) is 0 Å². The van der Waals surface area contributed by atoms with Crippen molar-refractivity contribution in [3.8, 4) is 0 Å². The van der Waals surface area contributed by atoms with E-state index < -0.39 is 23.3 Å². The second-order valence-electron chi connectivity index (χ2n) is 9.28. The molecule has 7 heteroatoms. The molecule has 1 saturated heterocycles. The number of piperidine rings is 1. The molecule has 1 aliphatic heterocycles. The predicted octanol–water partition coefficient (Wildman–Crippen LogP) is 5.70. The first-order chi connectivity index (χ1) is 15.0. The van der Waals surface area contributed by atoms with Gasteiger partial charge in [0.2, 0.25) is 0 Å². The van der Waals surface area contributed by atoms with E-state index in [1.54, 1.807) is 42.2 Å².